The van der Waals surface area contributed by atoms with Crippen molar-refractivity contribution in [3.05, 3.63) is 48.0 Å². The average molecular weight is 234 g/mol. The molecule has 0 bridgehead atoms. The number of rotatable bonds is 4. The van der Waals surface area contributed by atoms with E-state index in [0.717, 1.165) is 18.4 Å². The molecule has 1 atom stereocenters. The molecule has 0 spiro atoms. The zero-order valence-electron chi connectivity index (χ0n) is 10.3. The summed E-state index contributed by atoms with van der Waals surface area (Å²) < 4.78 is 16.8. The van der Waals surface area contributed by atoms with Crippen LogP contribution in [0.3, 0.4) is 0 Å². The molecule has 2 rings (SSSR count). The van der Waals surface area contributed by atoms with Gasteiger partial charge >= 0.3 is 5.97 Å². The first kappa shape index (κ1) is 12.3. The predicted octanol–water partition coefficient (Wildman–Crippen LogP) is 2.61. The van der Waals surface area contributed by atoms with E-state index in [1.807, 2.05) is 24.3 Å². The van der Waals surface area contributed by atoms with Crippen LogP contribution in [0.5, 0.6) is 0 Å². The lowest BCUT2D eigenvalue weighted by Crippen LogP contribution is -2.43. The molecule has 0 amide bonds. The first-order valence-corrected chi connectivity index (χ1v) is 5.73. The van der Waals surface area contributed by atoms with Gasteiger partial charge in [-0.25, -0.2) is 0 Å². The number of benzene rings is 1. The molecular weight excluding hydrogens is 216 g/mol. The maximum Gasteiger partial charge on any atom is 0.312 e. The minimum atomic E-state index is -1.08. The van der Waals surface area contributed by atoms with Gasteiger partial charge in [-0.15, -0.1) is 6.58 Å². The molecule has 3 nitrogen and oxygen atoms in total. The van der Waals surface area contributed by atoms with Crippen LogP contribution in [0.2, 0.25) is 0 Å². The fourth-order valence-corrected chi connectivity index (χ4v) is 2.28. The van der Waals surface area contributed by atoms with Crippen molar-refractivity contribution in [2.24, 2.45) is 0 Å². The highest BCUT2D eigenvalue weighted by Gasteiger charge is 2.42. The fraction of sp³-hybridized carbons (Fsp3) is 0.429. The number of ether oxygens (including phenoxy) is 3. The first-order valence-electron chi connectivity index (χ1n) is 5.73. The van der Waals surface area contributed by atoms with Gasteiger partial charge in [-0.05, 0) is 18.4 Å². The molecule has 0 radical (unpaired) electrons. The third-order valence-corrected chi connectivity index (χ3v) is 3.08. The van der Waals surface area contributed by atoms with E-state index in [4.69, 9.17) is 14.2 Å². The molecule has 1 aliphatic rings. The second kappa shape index (κ2) is 5.00. The van der Waals surface area contributed by atoms with Gasteiger partial charge in [0.15, 0.2) is 0 Å². The highest BCUT2D eigenvalue weighted by molar-refractivity contribution is 5.32. The molecule has 1 heterocycles. The van der Waals surface area contributed by atoms with Gasteiger partial charge in [0.1, 0.15) is 0 Å². The van der Waals surface area contributed by atoms with E-state index < -0.39 is 5.97 Å². The second-order valence-corrected chi connectivity index (χ2v) is 4.09. The van der Waals surface area contributed by atoms with Crippen LogP contribution < -0.4 is 0 Å². The number of fused-ring (bicyclic) bond motifs is 1. The van der Waals surface area contributed by atoms with Crippen molar-refractivity contribution >= 4 is 0 Å². The maximum atomic E-state index is 5.92. The molecule has 1 aromatic carbocycles. The van der Waals surface area contributed by atoms with Crippen molar-refractivity contribution in [2.45, 2.75) is 24.9 Å². The van der Waals surface area contributed by atoms with Crippen LogP contribution in [0.15, 0.2) is 36.9 Å². The molecule has 0 fully saturated rings. The lowest BCUT2D eigenvalue weighted by atomic mass is 9.95. The van der Waals surface area contributed by atoms with Crippen LogP contribution in [0, 0.1) is 0 Å². The summed E-state index contributed by atoms with van der Waals surface area (Å²) >= 11 is 0. The topological polar surface area (TPSA) is 27.7 Å². The minimum Gasteiger partial charge on any atom is -0.327 e. The van der Waals surface area contributed by atoms with Crippen LogP contribution in [0.4, 0.5) is 0 Å². The molecule has 17 heavy (non-hydrogen) atoms. The minimum absolute atomic E-state index is 0.0438. The van der Waals surface area contributed by atoms with Gasteiger partial charge in [0.25, 0.3) is 0 Å². The van der Waals surface area contributed by atoms with Crippen molar-refractivity contribution in [3.8, 4) is 0 Å². The Labute approximate surface area is 102 Å². The standard InChI is InChI=1S/C14H18O3/c1-4-7-12-10-11-8-5-6-9-13(11)14(15-2,16-3)17-12/h4-6,8-9,12H,1,7,10H2,2-3H3. The molecular formula is C14H18O3. The van der Waals surface area contributed by atoms with Gasteiger partial charge in [0.2, 0.25) is 0 Å². The van der Waals surface area contributed by atoms with E-state index in [1.54, 1.807) is 14.2 Å². The molecule has 92 valence electrons. The Morgan fingerprint density at radius 1 is 1.41 bits per heavy atom. The summed E-state index contributed by atoms with van der Waals surface area (Å²) in [4.78, 5) is 0. The van der Waals surface area contributed by atoms with E-state index >= 15 is 0 Å². The van der Waals surface area contributed by atoms with Crippen LogP contribution in [-0.2, 0) is 26.6 Å². The Kier molecular flexibility index (Phi) is 3.62. The third-order valence-electron chi connectivity index (χ3n) is 3.08. The Hall–Kier alpha value is -1.16. The Bertz CT molecular complexity index is 396. The second-order valence-electron chi connectivity index (χ2n) is 4.09. The molecule has 0 saturated heterocycles. The summed E-state index contributed by atoms with van der Waals surface area (Å²) in [5, 5.41) is 0. The van der Waals surface area contributed by atoms with E-state index in [9.17, 15) is 0 Å². The molecule has 0 aliphatic carbocycles. The SMILES string of the molecule is C=CCC1Cc2ccccc2C(OC)(OC)O1. The lowest BCUT2D eigenvalue weighted by molar-refractivity contribution is -0.394. The lowest BCUT2D eigenvalue weighted by Gasteiger charge is -2.39. The molecule has 0 aromatic heterocycles. The summed E-state index contributed by atoms with van der Waals surface area (Å²) in [6, 6.07) is 8.04. The predicted molar refractivity (Wildman–Crippen MR) is 65.5 cm³/mol. The van der Waals surface area contributed by atoms with Gasteiger partial charge in [-0.3, -0.25) is 0 Å². The van der Waals surface area contributed by atoms with E-state index in [2.05, 4.69) is 12.6 Å². The van der Waals surface area contributed by atoms with Crippen molar-refractivity contribution in [1.29, 1.82) is 0 Å². The van der Waals surface area contributed by atoms with Crippen molar-refractivity contribution in [3.63, 3.8) is 0 Å². The average Bonchev–Trinajstić information content (AvgIpc) is 2.38. The fourth-order valence-electron chi connectivity index (χ4n) is 2.28. The summed E-state index contributed by atoms with van der Waals surface area (Å²) in [7, 11) is 3.19. The Morgan fingerprint density at radius 3 is 2.76 bits per heavy atom. The smallest absolute Gasteiger partial charge is 0.312 e. The maximum absolute atomic E-state index is 5.92. The third kappa shape index (κ3) is 2.14. The highest BCUT2D eigenvalue weighted by atomic mass is 16.9. The normalized spacial score (nSPS) is 21.9. The molecule has 0 saturated carbocycles. The van der Waals surface area contributed by atoms with Crippen LogP contribution in [0.25, 0.3) is 0 Å². The van der Waals surface area contributed by atoms with Gasteiger partial charge in [-0.1, -0.05) is 30.3 Å². The zero-order valence-corrected chi connectivity index (χ0v) is 10.3. The Balaban J connectivity index is 2.41. The molecule has 1 unspecified atom stereocenters. The molecule has 1 aliphatic heterocycles. The van der Waals surface area contributed by atoms with E-state index in [-0.39, 0.29) is 6.10 Å². The van der Waals surface area contributed by atoms with Crippen LogP contribution >= 0.6 is 0 Å². The van der Waals surface area contributed by atoms with Gasteiger partial charge in [0, 0.05) is 19.8 Å². The van der Waals surface area contributed by atoms with Crippen molar-refractivity contribution in [1.82, 2.24) is 0 Å². The molecule has 3 heteroatoms. The van der Waals surface area contributed by atoms with E-state index in [0.29, 0.717) is 0 Å². The number of hydrogen-bond acceptors (Lipinski definition) is 3. The van der Waals surface area contributed by atoms with Gasteiger partial charge in [0.05, 0.1) is 6.10 Å². The van der Waals surface area contributed by atoms with Gasteiger partial charge < -0.3 is 14.2 Å². The highest BCUT2D eigenvalue weighted by Crippen LogP contribution is 2.37. The molecule has 0 N–H and O–H groups in total. The largest absolute Gasteiger partial charge is 0.327 e. The number of hydrogen-bond donors (Lipinski definition) is 0. The number of methoxy groups -OCH3 is 2. The zero-order chi connectivity index (χ0) is 12.3. The monoisotopic (exact) mass is 234 g/mol. The summed E-state index contributed by atoms with van der Waals surface area (Å²) in [6.45, 7) is 3.75. The van der Waals surface area contributed by atoms with Crippen LogP contribution in [-0.4, -0.2) is 20.3 Å². The summed E-state index contributed by atoms with van der Waals surface area (Å²) in [5.41, 5.74) is 2.15. The Morgan fingerprint density at radius 2 is 2.12 bits per heavy atom. The quantitative estimate of drug-likeness (QED) is 0.592. The molecule has 1 aromatic rings. The van der Waals surface area contributed by atoms with Gasteiger partial charge in [-0.2, -0.15) is 0 Å². The summed E-state index contributed by atoms with van der Waals surface area (Å²) in [5.74, 6) is -1.08. The van der Waals surface area contributed by atoms with Crippen molar-refractivity contribution in [2.75, 3.05) is 14.2 Å². The first-order chi connectivity index (χ1) is 8.25. The van der Waals surface area contributed by atoms with Crippen LogP contribution in [0.1, 0.15) is 17.5 Å². The van der Waals surface area contributed by atoms with Crippen molar-refractivity contribution < 1.29 is 14.2 Å². The van der Waals surface area contributed by atoms with E-state index in [1.165, 1.54) is 5.56 Å². The summed E-state index contributed by atoms with van der Waals surface area (Å²) in [6.07, 6.45) is 3.54.